The van der Waals surface area contributed by atoms with Crippen LogP contribution in [-0.4, -0.2) is 51.2 Å². The van der Waals surface area contributed by atoms with Crippen LogP contribution in [0.15, 0.2) is 170 Å². The number of para-hydroxylation sites is 2. The summed E-state index contributed by atoms with van der Waals surface area (Å²) in [5.74, 6) is 4.93. The molecule has 14 nitrogen and oxygen atoms in total. The van der Waals surface area contributed by atoms with E-state index >= 15 is 0 Å². The number of aromatic nitrogens is 10. The zero-order valence-corrected chi connectivity index (χ0v) is 34.8. The van der Waals surface area contributed by atoms with Crippen molar-refractivity contribution in [3.63, 3.8) is 0 Å². The molecule has 318 valence electrons. The summed E-state index contributed by atoms with van der Waals surface area (Å²) in [6, 6.07) is 55.2. The zero-order chi connectivity index (χ0) is 43.9. The van der Waals surface area contributed by atoms with Gasteiger partial charge in [0.25, 0.3) is 0 Å². The number of aromatic amines is 2. The predicted octanol–water partition coefficient (Wildman–Crippen LogP) is 10.4. The van der Waals surface area contributed by atoms with Gasteiger partial charge in [-0.25, -0.2) is 20.2 Å². The van der Waals surface area contributed by atoms with E-state index in [1.807, 2.05) is 170 Å². The largest absolute Gasteiger partial charge is 0.489 e. The van der Waals surface area contributed by atoms with E-state index in [1.165, 1.54) is 0 Å². The van der Waals surface area contributed by atoms with E-state index in [2.05, 4.69) is 69.4 Å². The third kappa shape index (κ3) is 11.9. The van der Waals surface area contributed by atoms with E-state index in [9.17, 15) is 0 Å². The van der Waals surface area contributed by atoms with Gasteiger partial charge >= 0.3 is 0 Å². The van der Waals surface area contributed by atoms with E-state index in [0.717, 1.165) is 72.9 Å². The highest BCUT2D eigenvalue weighted by Gasteiger charge is 2.05. The van der Waals surface area contributed by atoms with Crippen LogP contribution in [-0.2, 0) is 19.8 Å². The molecule has 10 aromatic rings. The van der Waals surface area contributed by atoms with Gasteiger partial charge in [0, 0.05) is 16.8 Å². The van der Waals surface area contributed by atoms with Crippen LogP contribution in [0.4, 0.5) is 0 Å². The van der Waals surface area contributed by atoms with Gasteiger partial charge in [0.05, 0.1) is 22.4 Å². The van der Waals surface area contributed by atoms with Gasteiger partial charge in [-0.05, 0) is 122 Å². The first-order chi connectivity index (χ1) is 32.1. The highest BCUT2D eigenvalue weighted by atomic mass is 16.5. The number of fused-ring (bicyclic) bond motifs is 2. The summed E-state index contributed by atoms with van der Waals surface area (Å²) in [7, 11) is 0. The van der Waals surface area contributed by atoms with Crippen molar-refractivity contribution in [3.8, 4) is 28.7 Å². The number of nitrogens with one attached hydrogen (secondary N) is 2. The number of hydrogen-bond acceptors (Lipinski definition) is 12. The van der Waals surface area contributed by atoms with Crippen LogP contribution >= 0.6 is 0 Å². The first-order valence-electron chi connectivity index (χ1n) is 20.6. The maximum Gasteiger partial charge on any atom is 0.172 e. The molecule has 0 amide bonds. The lowest BCUT2D eigenvalue weighted by Crippen LogP contribution is -2.00. The summed E-state index contributed by atoms with van der Waals surface area (Å²) in [6.07, 6.45) is 7.47. The number of ether oxygens (including phenoxy) is 4. The van der Waals surface area contributed by atoms with Crippen molar-refractivity contribution in [1.82, 2.24) is 51.2 Å². The molecule has 65 heavy (non-hydrogen) atoms. The van der Waals surface area contributed by atoms with Crippen LogP contribution in [0, 0.1) is 0 Å². The Morgan fingerprint density at radius 3 is 1.48 bits per heavy atom. The number of hydrogen-bond donors (Lipinski definition) is 2. The Morgan fingerprint density at radius 1 is 0.400 bits per heavy atom. The van der Waals surface area contributed by atoms with Crippen molar-refractivity contribution in [3.05, 3.63) is 210 Å². The zero-order valence-electron chi connectivity index (χ0n) is 34.8. The van der Waals surface area contributed by atoms with E-state index in [0.29, 0.717) is 37.2 Å². The smallest absolute Gasteiger partial charge is 0.172 e. The number of pyridine rings is 2. The van der Waals surface area contributed by atoms with Crippen molar-refractivity contribution in [2.45, 2.75) is 19.8 Å². The average Bonchev–Trinajstić information content (AvgIpc) is 4.10. The number of benzene rings is 6. The molecule has 0 fully saturated rings. The Kier molecular flexibility index (Phi) is 13.1. The summed E-state index contributed by atoms with van der Waals surface area (Å²) in [5, 5.41) is 29.4. The van der Waals surface area contributed by atoms with E-state index in [4.69, 9.17) is 18.9 Å². The van der Waals surface area contributed by atoms with Crippen LogP contribution in [0.5, 0.6) is 28.7 Å². The van der Waals surface area contributed by atoms with Gasteiger partial charge in [-0.15, -0.1) is 10.2 Å². The molecule has 0 aliphatic heterocycles. The Hall–Kier alpha value is -9.04. The fraction of sp³-hybridized carbons (Fsp3) is 0.0588. The summed E-state index contributed by atoms with van der Waals surface area (Å²) in [4.78, 5) is 9.30. The maximum atomic E-state index is 5.98. The minimum atomic E-state index is 0.385. The van der Waals surface area contributed by atoms with Gasteiger partial charge in [-0.1, -0.05) is 103 Å². The SMILES string of the molecule is C(=Cc1nnn[nH]1)c1ccc(OCc2cccc(OCc3ccc4ccccc4n3)c2)cc1.C(=Cc1nnn[nH]1)c1ccc(Oc2cccc(OCc3ccc4ccccc4n3)c2)cc1. The van der Waals surface area contributed by atoms with Crippen LogP contribution in [0.2, 0.25) is 0 Å². The molecule has 14 heteroatoms. The van der Waals surface area contributed by atoms with Crippen molar-refractivity contribution in [2.24, 2.45) is 0 Å². The van der Waals surface area contributed by atoms with Crippen molar-refractivity contribution >= 4 is 46.1 Å². The summed E-state index contributed by atoms with van der Waals surface area (Å²) in [6.45, 7) is 1.24. The normalized spacial score (nSPS) is 11.1. The molecular weight excluding hydrogens is 817 g/mol. The fourth-order valence-corrected chi connectivity index (χ4v) is 6.49. The first-order valence-corrected chi connectivity index (χ1v) is 20.6. The van der Waals surface area contributed by atoms with Crippen molar-refractivity contribution in [1.29, 1.82) is 0 Å². The van der Waals surface area contributed by atoms with Crippen LogP contribution < -0.4 is 18.9 Å². The molecule has 0 unspecified atom stereocenters. The molecule has 0 atom stereocenters. The molecule has 4 aromatic heterocycles. The predicted molar refractivity (Wildman–Crippen MR) is 249 cm³/mol. The van der Waals surface area contributed by atoms with Crippen LogP contribution in [0.25, 0.3) is 46.1 Å². The topological polar surface area (TPSA) is 172 Å². The van der Waals surface area contributed by atoms with Crippen molar-refractivity contribution in [2.75, 3.05) is 0 Å². The fourth-order valence-electron chi connectivity index (χ4n) is 6.49. The molecule has 4 heterocycles. The average molecular weight is 857 g/mol. The lowest BCUT2D eigenvalue weighted by Gasteiger charge is -2.10. The molecule has 10 rings (SSSR count). The highest BCUT2D eigenvalue weighted by Crippen LogP contribution is 2.27. The third-order valence-corrected chi connectivity index (χ3v) is 9.78. The van der Waals surface area contributed by atoms with Crippen LogP contribution in [0.1, 0.15) is 39.7 Å². The number of tetrazole rings is 2. The second-order valence-electron chi connectivity index (χ2n) is 14.5. The molecule has 6 aromatic carbocycles. The quantitative estimate of drug-likeness (QED) is 0.100. The van der Waals surface area contributed by atoms with Gasteiger partial charge < -0.3 is 18.9 Å². The second kappa shape index (κ2) is 20.7. The Morgan fingerprint density at radius 2 is 0.908 bits per heavy atom. The number of rotatable bonds is 15. The highest BCUT2D eigenvalue weighted by molar-refractivity contribution is 5.79. The number of nitrogens with zero attached hydrogens (tertiary/aromatic N) is 8. The van der Waals surface area contributed by atoms with Gasteiger partial charge in [0.1, 0.15) is 48.6 Å². The lowest BCUT2D eigenvalue weighted by molar-refractivity contribution is 0.293. The first kappa shape index (κ1) is 41.3. The molecule has 0 saturated carbocycles. The van der Waals surface area contributed by atoms with Gasteiger partial charge in [0.2, 0.25) is 0 Å². The third-order valence-electron chi connectivity index (χ3n) is 9.78. The van der Waals surface area contributed by atoms with E-state index < -0.39 is 0 Å². The maximum absolute atomic E-state index is 5.98. The number of H-pyrrole nitrogens is 2. The van der Waals surface area contributed by atoms with E-state index in [1.54, 1.807) is 6.08 Å². The van der Waals surface area contributed by atoms with Gasteiger partial charge in [-0.3, -0.25) is 0 Å². The summed E-state index contributed by atoms with van der Waals surface area (Å²) < 4.78 is 23.8. The monoisotopic (exact) mass is 856 g/mol. The summed E-state index contributed by atoms with van der Waals surface area (Å²) in [5.41, 5.74) is 6.76. The van der Waals surface area contributed by atoms with Crippen LogP contribution in [0.3, 0.4) is 0 Å². The molecule has 0 saturated heterocycles. The lowest BCUT2D eigenvalue weighted by atomic mass is 10.2. The molecule has 0 bridgehead atoms. The molecule has 0 spiro atoms. The Bertz CT molecular complexity index is 3140. The van der Waals surface area contributed by atoms with Gasteiger partial charge in [0.15, 0.2) is 11.6 Å². The van der Waals surface area contributed by atoms with Gasteiger partial charge in [-0.2, -0.15) is 0 Å². The minimum Gasteiger partial charge on any atom is -0.489 e. The standard InChI is InChI=1S/C26H21N5O2.C25H19N5O2/c1-2-7-25-21(5-1)11-12-22(27-25)18-33-24-6-3-4-20(16-24)17-32-23-13-8-19(9-14-23)10-15-26-28-30-31-29-26;1-2-7-24-19(4-1)11-12-20(26-24)17-31-22-5-3-6-23(16-22)32-21-13-8-18(9-14-21)10-15-25-27-29-30-28-25/h1-16H,17-18H2,(H,28,29,30,31);1-16H,17H2,(H,27,28,29,30). The van der Waals surface area contributed by atoms with Crippen molar-refractivity contribution < 1.29 is 18.9 Å². The minimum absolute atomic E-state index is 0.385. The molecule has 0 aliphatic rings. The second-order valence-corrected chi connectivity index (χ2v) is 14.5. The molecule has 0 radical (unpaired) electrons. The Balaban J connectivity index is 0.000000164. The molecule has 0 aliphatic carbocycles. The summed E-state index contributed by atoms with van der Waals surface area (Å²) >= 11 is 0. The molecule has 2 N–H and O–H groups in total. The Labute approximate surface area is 373 Å². The molecular formula is C51H40N10O4. The van der Waals surface area contributed by atoms with E-state index in [-0.39, 0.29) is 0 Å².